The molecule has 7 heteroatoms. The van der Waals surface area contributed by atoms with Gasteiger partial charge in [-0.15, -0.1) is 0 Å². The molecule has 1 saturated carbocycles. The number of rotatable bonds is 7. The van der Waals surface area contributed by atoms with Gasteiger partial charge in [-0.05, 0) is 72.6 Å². The standard InChI is InChI=1S/C22H38N2O5/c1-5-27-19(25)17-9-11-18(12-10-17)28-22(24-15-8-16-24,23-13-6-7-14-23)20(26)29-21(2,3)4/h17-18H,5-16H2,1-4H3. The minimum absolute atomic E-state index is 0.0541. The summed E-state index contributed by atoms with van der Waals surface area (Å²) in [4.78, 5) is 29.9. The molecule has 2 saturated heterocycles. The molecular formula is C22H38N2O5. The Morgan fingerprint density at radius 2 is 1.45 bits per heavy atom. The van der Waals surface area contributed by atoms with E-state index in [9.17, 15) is 9.59 Å². The maximum absolute atomic E-state index is 13.5. The van der Waals surface area contributed by atoms with Gasteiger partial charge in [-0.1, -0.05) is 0 Å². The fraction of sp³-hybridized carbons (Fsp3) is 0.909. The first kappa shape index (κ1) is 22.5. The molecule has 2 heterocycles. The highest BCUT2D eigenvalue weighted by Gasteiger charge is 2.56. The summed E-state index contributed by atoms with van der Waals surface area (Å²) in [6.07, 6.45) is 6.15. The number of hydrogen-bond acceptors (Lipinski definition) is 7. The molecule has 3 fully saturated rings. The third-order valence-electron chi connectivity index (χ3n) is 6.11. The number of carbonyl (C=O) groups excluding carboxylic acids is 2. The summed E-state index contributed by atoms with van der Waals surface area (Å²) in [5, 5.41) is 0. The van der Waals surface area contributed by atoms with Crippen LogP contribution in [0, 0.1) is 5.92 Å². The Morgan fingerprint density at radius 1 is 0.897 bits per heavy atom. The predicted octanol–water partition coefficient (Wildman–Crippen LogP) is 2.92. The first-order valence-corrected chi connectivity index (χ1v) is 11.3. The Labute approximate surface area is 175 Å². The number of ether oxygens (including phenoxy) is 3. The quantitative estimate of drug-likeness (QED) is 0.598. The summed E-state index contributed by atoms with van der Waals surface area (Å²) < 4.78 is 17.8. The van der Waals surface area contributed by atoms with Gasteiger partial charge in [0, 0.05) is 26.2 Å². The fourth-order valence-corrected chi connectivity index (χ4v) is 4.55. The Morgan fingerprint density at radius 3 is 1.90 bits per heavy atom. The van der Waals surface area contributed by atoms with E-state index in [2.05, 4.69) is 9.80 Å². The number of nitrogens with zero attached hydrogens (tertiary/aromatic N) is 2. The molecule has 1 unspecified atom stereocenters. The van der Waals surface area contributed by atoms with Gasteiger partial charge in [0.25, 0.3) is 5.85 Å². The maximum atomic E-state index is 13.5. The lowest BCUT2D eigenvalue weighted by atomic mass is 9.87. The second-order valence-electron chi connectivity index (χ2n) is 9.49. The zero-order chi connectivity index (χ0) is 21.1. The van der Waals surface area contributed by atoms with Gasteiger partial charge in [-0.2, -0.15) is 0 Å². The van der Waals surface area contributed by atoms with Gasteiger partial charge >= 0.3 is 11.9 Å². The van der Waals surface area contributed by atoms with Crippen molar-refractivity contribution in [2.75, 3.05) is 32.8 Å². The van der Waals surface area contributed by atoms with Crippen LogP contribution in [0.1, 0.15) is 72.6 Å². The van der Waals surface area contributed by atoms with E-state index in [-0.39, 0.29) is 24.0 Å². The largest absolute Gasteiger partial charge is 0.466 e. The molecule has 0 amide bonds. The van der Waals surface area contributed by atoms with Gasteiger partial charge in [0.1, 0.15) is 5.60 Å². The third-order valence-corrected chi connectivity index (χ3v) is 6.11. The molecule has 0 N–H and O–H groups in total. The van der Waals surface area contributed by atoms with E-state index in [1.54, 1.807) is 0 Å². The Kier molecular flexibility index (Phi) is 7.23. The van der Waals surface area contributed by atoms with Crippen LogP contribution in [0.25, 0.3) is 0 Å². The van der Waals surface area contributed by atoms with Gasteiger partial charge in [0.05, 0.1) is 18.6 Å². The van der Waals surface area contributed by atoms with Crippen molar-refractivity contribution in [1.29, 1.82) is 0 Å². The van der Waals surface area contributed by atoms with E-state index in [0.717, 1.165) is 71.1 Å². The average molecular weight is 411 g/mol. The van der Waals surface area contributed by atoms with E-state index in [4.69, 9.17) is 14.2 Å². The number of esters is 2. The van der Waals surface area contributed by atoms with E-state index in [0.29, 0.717) is 6.61 Å². The normalized spacial score (nSPS) is 28.4. The molecule has 0 bridgehead atoms. The highest BCUT2D eigenvalue weighted by molar-refractivity contribution is 5.79. The highest BCUT2D eigenvalue weighted by Crippen LogP contribution is 2.38. The smallest absolute Gasteiger partial charge is 0.371 e. The van der Waals surface area contributed by atoms with Crippen LogP contribution in [0.4, 0.5) is 0 Å². The molecule has 1 atom stereocenters. The average Bonchev–Trinajstić information content (AvgIpc) is 3.13. The number of carbonyl (C=O) groups is 2. The van der Waals surface area contributed by atoms with Crippen LogP contribution >= 0.6 is 0 Å². The van der Waals surface area contributed by atoms with Crippen LogP contribution in [0.2, 0.25) is 0 Å². The topological polar surface area (TPSA) is 68.3 Å². The Hall–Kier alpha value is -1.18. The molecule has 166 valence electrons. The summed E-state index contributed by atoms with van der Waals surface area (Å²) in [5.41, 5.74) is -0.572. The summed E-state index contributed by atoms with van der Waals surface area (Å²) in [6, 6.07) is 0. The summed E-state index contributed by atoms with van der Waals surface area (Å²) in [5.74, 6) is -1.59. The minimum Gasteiger partial charge on any atom is -0.466 e. The van der Waals surface area contributed by atoms with E-state index in [1.165, 1.54) is 0 Å². The van der Waals surface area contributed by atoms with E-state index >= 15 is 0 Å². The lowest BCUT2D eigenvalue weighted by Crippen LogP contribution is -2.71. The van der Waals surface area contributed by atoms with Crippen molar-refractivity contribution in [3.8, 4) is 0 Å². The molecule has 0 aromatic heterocycles. The van der Waals surface area contributed by atoms with E-state index < -0.39 is 11.4 Å². The van der Waals surface area contributed by atoms with Gasteiger partial charge in [-0.25, -0.2) is 4.79 Å². The number of likely N-dealkylation sites (tertiary alicyclic amines) is 2. The van der Waals surface area contributed by atoms with Crippen LogP contribution in [-0.2, 0) is 23.8 Å². The number of hydrogen-bond donors (Lipinski definition) is 0. The molecule has 7 nitrogen and oxygen atoms in total. The summed E-state index contributed by atoms with van der Waals surface area (Å²) in [6.45, 7) is 11.3. The van der Waals surface area contributed by atoms with Crippen LogP contribution in [-0.4, -0.2) is 72.1 Å². The first-order valence-electron chi connectivity index (χ1n) is 11.3. The molecule has 1 aliphatic carbocycles. The highest BCUT2D eigenvalue weighted by atomic mass is 16.6. The van der Waals surface area contributed by atoms with Gasteiger partial charge in [0.2, 0.25) is 0 Å². The lowest BCUT2D eigenvalue weighted by Gasteiger charge is -2.52. The molecule has 3 aliphatic rings. The van der Waals surface area contributed by atoms with Crippen molar-refractivity contribution < 1.29 is 23.8 Å². The third kappa shape index (κ3) is 5.12. The molecular weight excluding hydrogens is 372 g/mol. The first-order chi connectivity index (χ1) is 13.8. The summed E-state index contributed by atoms with van der Waals surface area (Å²) in [7, 11) is 0. The van der Waals surface area contributed by atoms with Gasteiger partial charge < -0.3 is 14.2 Å². The zero-order valence-electron chi connectivity index (χ0n) is 18.6. The van der Waals surface area contributed by atoms with Crippen LogP contribution in [0.5, 0.6) is 0 Å². The fourth-order valence-electron chi connectivity index (χ4n) is 4.55. The van der Waals surface area contributed by atoms with Crippen molar-refractivity contribution in [2.24, 2.45) is 5.92 Å². The van der Waals surface area contributed by atoms with Crippen LogP contribution in [0.15, 0.2) is 0 Å². The SMILES string of the molecule is CCOC(=O)C1CCC(OC(C(=O)OC(C)(C)C)(N2CCCC2)N2CCC2)CC1. The molecule has 0 spiro atoms. The minimum atomic E-state index is -1.14. The van der Waals surface area contributed by atoms with Gasteiger partial charge in [-0.3, -0.25) is 14.6 Å². The second kappa shape index (κ2) is 9.31. The molecule has 0 aromatic carbocycles. The molecule has 0 aromatic rings. The van der Waals surface area contributed by atoms with Crippen molar-refractivity contribution >= 4 is 11.9 Å². The second-order valence-corrected chi connectivity index (χ2v) is 9.49. The predicted molar refractivity (Wildman–Crippen MR) is 109 cm³/mol. The van der Waals surface area contributed by atoms with Crippen LogP contribution < -0.4 is 0 Å². The Bertz CT molecular complexity index is 572. The molecule has 2 aliphatic heterocycles. The monoisotopic (exact) mass is 410 g/mol. The molecule has 3 rings (SSSR count). The maximum Gasteiger partial charge on any atom is 0.371 e. The molecule has 0 radical (unpaired) electrons. The summed E-state index contributed by atoms with van der Waals surface area (Å²) >= 11 is 0. The lowest BCUT2D eigenvalue weighted by molar-refractivity contribution is -0.288. The van der Waals surface area contributed by atoms with Crippen LogP contribution in [0.3, 0.4) is 0 Å². The van der Waals surface area contributed by atoms with Crippen molar-refractivity contribution in [1.82, 2.24) is 9.80 Å². The zero-order valence-corrected chi connectivity index (χ0v) is 18.6. The Balaban J connectivity index is 1.76. The van der Waals surface area contributed by atoms with Crippen molar-refractivity contribution in [3.63, 3.8) is 0 Å². The van der Waals surface area contributed by atoms with Crippen molar-refractivity contribution in [2.45, 2.75) is 90.2 Å². The van der Waals surface area contributed by atoms with Gasteiger partial charge in [0.15, 0.2) is 0 Å². The molecule has 29 heavy (non-hydrogen) atoms. The van der Waals surface area contributed by atoms with Crippen molar-refractivity contribution in [3.05, 3.63) is 0 Å². The van der Waals surface area contributed by atoms with E-state index in [1.807, 2.05) is 27.7 Å².